The lowest BCUT2D eigenvalue weighted by molar-refractivity contribution is 0.0664. The molecule has 3 aliphatic rings. The second-order valence-corrected chi connectivity index (χ2v) is 11.0. The number of ketones is 3. The molecular formula is C36H29NO6. The minimum atomic E-state index is -1.63. The fraction of sp³-hybridized carbons (Fsp3) is 0.194. The Morgan fingerprint density at radius 3 is 2.12 bits per heavy atom. The second kappa shape index (κ2) is 9.98. The largest absolute Gasteiger partial charge is 0.497 e. The molecule has 7 rings (SSSR count). The van der Waals surface area contributed by atoms with Gasteiger partial charge in [0.15, 0.2) is 17.3 Å². The third-order valence-corrected chi connectivity index (χ3v) is 9.11. The molecule has 0 unspecified atom stereocenters. The van der Waals surface area contributed by atoms with Crippen LogP contribution in [0.5, 0.6) is 17.2 Å². The summed E-state index contributed by atoms with van der Waals surface area (Å²) >= 11 is 0. The first-order valence-electron chi connectivity index (χ1n) is 14.1. The first-order valence-corrected chi connectivity index (χ1v) is 14.1. The highest BCUT2D eigenvalue weighted by molar-refractivity contribution is 6.32. The van der Waals surface area contributed by atoms with Gasteiger partial charge < -0.3 is 19.1 Å². The van der Waals surface area contributed by atoms with E-state index in [1.54, 1.807) is 74.9 Å². The zero-order valence-electron chi connectivity index (χ0n) is 23.9. The maximum absolute atomic E-state index is 14.9. The molecule has 2 aliphatic heterocycles. The number of Topliss-reactive ketones (excluding diaryl/α,β-unsaturated/α-hetero) is 3. The molecule has 0 amide bonds. The number of hydrogen-bond acceptors (Lipinski definition) is 7. The normalized spacial score (nSPS) is 20.9. The number of carbonyl (C=O) groups is 3. The third kappa shape index (κ3) is 3.64. The summed E-state index contributed by atoms with van der Waals surface area (Å²) in [5.41, 5.74) is 1.78. The van der Waals surface area contributed by atoms with Crippen LogP contribution in [-0.2, 0) is 0 Å². The van der Waals surface area contributed by atoms with Crippen LogP contribution in [0.1, 0.15) is 48.1 Å². The number of anilines is 1. The Balaban J connectivity index is 1.56. The number of ether oxygens (including phenoxy) is 3. The first-order chi connectivity index (χ1) is 20.9. The average Bonchev–Trinajstić information content (AvgIpc) is 3.49. The zero-order valence-corrected chi connectivity index (χ0v) is 23.9. The number of benzene rings is 4. The fourth-order valence-electron chi connectivity index (χ4n) is 7.28. The van der Waals surface area contributed by atoms with Crippen molar-refractivity contribution in [3.63, 3.8) is 0 Å². The Labute approximate surface area is 249 Å². The lowest BCUT2D eigenvalue weighted by Crippen LogP contribution is -2.48. The Bertz CT molecular complexity index is 1810. The minimum absolute atomic E-state index is 0.231. The summed E-state index contributed by atoms with van der Waals surface area (Å²) in [6, 6.07) is 25.3. The minimum Gasteiger partial charge on any atom is -0.497 e. The molecule has 0 radical (unpaired) electrons. The van der Waals surface area contributed by atoms with Crippen molar-refractivity contribution in [3.05, 3.63) is 125 Å². The van der Waals surface area contributed by atoms with Crippen molar-refractivity contribution < 1.29 is 28.6 Å². The van der Waals surface area contributed by atoms with Crippen LogP contribution in [0.15, 0.2) is 97.1 Å². The molecule has 0 aromatic heterocycles. The van der Waals surface area contributed by atoms with Crippen LogP contribution in [0, 0.1) is 5.41 Å². The Kier molecular flexibility index (Phi) is 6.20. The molecule has 2 heterocycles. The Morgan fingerprint density at radius 1 is 0.744 bits per heavy atom. The molecular weight excluding hydrogens is 542 g/mol. The van der Waals surface area contributed by atoms with Gasteiger partial charge in [0, 0.05) is 39.9 Å². The van der Waals surface area contributed by atoms with Crippen LogP contribution in [0.2, 0.25) is 0 Å². The van der Waals surface area contributed by atoms with Crippen molar-refractivity contribution in [1.82, 2.24) is 0 Å². The van der Waals surface area contributed by atoms with E-state index in [0.29, 0.717) is 39.5 Å². The van der Waals surface area contributed by atoms with E-state index in [1.165, 1.54) is 7.11 Å². The van der Waals surface area contributed by atoms with Gasteiger partial charge in [-0.15, -0.1) is 0 Å². The monoisotopic (exact) mass is 571 g/mol. The molecule has 214 valence electrons. The molecule has 43 heavy (non-hydrogen) atoms. The van der Waals surface area contributed by atoms with Gasteiger partial charge in [0.25, 0.3) is 0 Å². The van der Waals surface area contributed by atoms with Crippen LogP contribution in [0.25, 0.3) is 6.08 Å². The summed E-state index contributed by atoms with van der Waals surface area (Å²) in [6.07, 6.45) is 3.86. The van der Waals surface area contributed by atoms with Gasteiger partial charge in [0.05, 0.1) is 27.4 Å². The number of carbonyl (C=O) groups excluding carboxylic acids is 3. The summed E-state index contributed by atoms with van der Waals surface area (Å²) < 4.78 is 16.8. The number of methoxy groups -OCH3 is 3. The molecule has 0 N–H and O–H groups in total. The summed E-state index contributed by atoms with van der Waals surface area (Å²) in [5, 5.41) is 0. The van der Waals surface area contributed by atoms with Crippen molar-refractivity contribution in [2.45, 2.75) is 18.0 Å². The number of para-hydroxylation sites is 1. The number of nitrogens with zero attached hydrogens (tertiary/aromatic N) is 1. The smallest absolute Gasteiger partial charge is 0.186 e. The molecule has 1 aliphatic carbocycles. The molecule has 4 aromatic rings. The highest BCUT2D eigenvalue weighted by Gasteiger charge is 2.72. The Morgan fingerprint density at radius 2 is 1.42 bits per heavy atom. The predicted molar refractivity (Wildman–Crippen MR) is 163 cm³/mol. The standard InChI is InChI=1S/C36H29NO6/c1-41-23-11-8-10-22(19-23)33(38)32-31(27-17-16-24(42-2)20-29(27)43-3)36(34(39)25-12-5-6-13-26(25)35(36)40)30-18-15-21-9-4-7-14-28(21)37(30)32/h4-20,30-32H,1-3H3/t30-,31+,32-/m0/s1. The lowest BCUT2D eigenvalue weighted by atomic mass is 9.64. The molecule has 0 saturated carbocycles. The van der Waals surface area contributed by atoms with Gasteiger partial charge in [-0.1, -0.05) is 72.8 Å². The average molecular weight is 572 g/mol. The van der Waals surface area contributed by atoms with Crippen molar-refractivity contribution in [1.29, 1.82) is 0 Å². The van der Waals surface area contributed by atoms with E-state index < -0.39 is 23.4 Å². The quantitative estimate of drug-likeness (QED) is 0.207. The number of hydrogen-bond donors (Lipinski definition) is 0. The molecule has 1 spiro atoms. The molecule has 1 fully saturated rings. The third-order valence-electron chi connectivity index (χ3n) is 9.11. The molecule has 7 nitrogen and oxygen atoms in total. The van der Waals surface area contributed by atoms with Crippen LogP contribution >= 0.6 is 0 Å². The van der Waals surface area contributed by atoms with Gasteiger partial charge in [-0.2, -0.15) is 0 Å². The van der Waals surface area contributed by atoms with Crippen molar-refractivity contribution in [2.75, 3.05) is 26.2 Å². The van der Waals surface area contributed by atoms with E-state index in [0.717, 1.165) is 11.3 Å². The van der Waals surface area contributed by atoms with Gasteiger partial charge in [-0.3, -0.25) is 14.4 Å². The highest BCUT2D eigenvalue weighted by atomic mass is 16.5. The number of rotatable bonds is 6. The molecule has 0 bridgehead atoms. The highest BCUT2D eigenvalue weighted by Crippen LogP contribution is 2.62. The van der Waals surface area contributed by atoms with E-state index in [2.05, 4.69) is 0 Å². The van der Waals surface area contributed by atoms with Gasteiger partial charge in [-0.05, 0) is 29.8 Å². The van der Waals surface area contributed by atoms with Gasteiger partial charge in [-0.25, -0.2) is 0 Å². The topological polar surface area (TPSA) is 82.1 Å². The summed E-state index contributed by atoms with van der Waals surface area (Å²) in [7, 11) is 4.64. The van der Waals surface area contributed by atoms with E-state index in [4.69, 9.17) is 14.2 Å². The maximum Gasteiger partial charge on any atom is 0.186 e. The van der Waals surface area contributed by atoms with Crippen LogP contribution in [0.3, 0.4) is 0 Å². The summed E-state index contributed by atoms with van der Waals surface area (Å²) in [4.78, 5) is 46.5. The summed E-state index contributed by atoms with van der Waals surface area (Å²) in [5.74, 6) is -0.204. The lowest BCUT2D eigenvalue weighted by Gasteiger charge is -2.37. The van der Waals surface area contributed by atoms with Crippen molar-refractivity contribution in [3.8, 4) is 17.2 Å². The first kappa shape index (κ1) is 26.7. The van der Waals surface area contributed by atoms with Crippen LogP contribution < -0.4 is 19.1 Å². The van der Waals surface area contributed by atoms with E-state index in [9.17, 15) is 14.4 Å². The molecule has 3 atom stereocenters. The van der Waals surface area contributed by atoms with Gasteiger partial charge in [0.1, 0.15) is 28.7 Å². The molecule has 7 heteroatoms. The van der Waals surface area contributed by atoms with E-state index in [-0.39, 0.29) is 17.3 Å². The molecule has 1 saturated heterocycles. The van der Waals surface area contributed by atoms with Crippen LogP contribution in [0.4, 0.5) is 5.69 Å². The van der Waals surface area contributed by atoms with E-state index >= 15 is 0 Å². The van der Waals surface area contributed by atoms with Gasteiger partial charge in [0.2, 0.25) is 0 Å². The SMILES string of the molecule is COc1cccc(C(=O)[C@@H]2[C@@H](c3ccc(OC)cc3OC)C3(C(=O)c4ccccc4C3=O)[C@@H]3C=Cc4ccccc4N23)c1. The van der Waals surface area contributed by atoms with Crippen molar-refractivity contribution in [2.24, 2.45) is 5.41 Å². The molecule has 4 aromatic carbocycles. The maximum atomic E-state index is 14.9. The summed E-state index contributed by atoms with van der Waals surface area (Å²) in [6.45, 7) is 0. The van der Waals surface area contributed by atoms with E-state index in [1.807, 2.05) is 47.4 Å². The fourth-order valence-corrected chi connectivity index (χ4v) is 7.28. The Hall–Kier alpha value is -5.17. The van der Waals surface area contributed by atoms with Crippen molar-refractivity contribution >= 4 is 29.1 Å². The van der Waals surface area contributed by atoms with Crippen LogP contribution in [-0.4, -0.2) is 50.8 Å². The second-order valence-electron chi connectivity index (χ2n) is 11.0. The zero-order chi connectivity index (χ0) is 29.9. The number of fused-ring (bicyclic) bond motifs is 5. The van der Waals surface area contributed by atoms with Gasteiger partial charge >= 0.3 is 0 Å². The predicted octanol–water partition coefficient (Wildman–Crippen LogP) is 6.03.